The van der Waals surface area contributed by atoms with E-state index in [1.54, 1.807) is 0 Å². The van der Waals surface area contributed by atoms with Crippen molar-refractivity contribution in [1.29, 1.82) is 0 Å². The number of benzene rings is 3. The number of hydrogen-bond donors (Lipinski definition) is 1. The molecular weight excluding hydrogens is 452 g/mol. The number of anilines is 1. The number of Topliss-reactive ketones (excluding diaryl/α,β-unsaturated/α-hetero) is 1. The van der Waals surface area contributed by atoms with Gasteiger partial charge in [-0.2, -0.15) is 0 Å². The lowest BCUT2D eigenvalue weighted by atomic mass is 9.84. The Morgan fingerprint density at radius 1 is 0.944 bits per heavy atom. The van der Waals surface area contributed by atoms with Crippen molar-refractivity contribution in [2.45, 2.75) is 45.0 Å². The number of hydrogen-bond acceptors (Lipinski definition) is 5. The summed E-state index contributed by atoms with van der Waals surface area (Å²) in [6.07, 6.45) is -0.424. The van der Waals surface area contributed by atoms with Crippen LogP contribution in [-0.4, -0.2) is 22.3 Å². The molecule has 1 fully saturated rings. The number of nitrogens with one attached hydrogen (secondary N) is 1. The van der Waals surface area contributed by atoms with Gasteiger partial charge in [-0.05, 0) is 61.4 Å². The Morgan fingerprint density at radius 3 is 2.36 bits per heavy atom. The first kappa shape index (κ1) is 23.7. The van der Waals surface area contributed by atoms with Crippen molar-refractivity contribution in [3.63, 3.8) is 0 Å². The fraction of sp³-hybridized carbons (Fsp3) is 0.233. The summed E-state index contributed by atoms with van der Waals surface area (Å²) in [4.78, 5) is 29.3. The summed E-state index contributed by atoms with van der Waals surface area (Å²) in [6.45, 7) is 5.44. The van der Waals surface area contributed by atoms with Gasteiger partial charge in [-0.1, -0.05) is 48.5 Å². The Kier molecular flexibility index (Phi) is 6.29. The summed E-state index contributed by atoms with van der Waals surface area (Å²) in [6, 6.07) is 27.0. The number of ether oxygens (including phenoxy) is 2. The van der Waals surface area contributed by atoms with E-state index < -0.39 is 17.6 Å². The zero-order chi connectivity index (χ0) is 25.3. The Labute approximate surface area is 210 Å². The number of para-hydroxylation sites is 1. The van der Waals surface area contributed by atoms with Crippen LogP contribution in [0.4, 0.5) is 5.69 Å². The maximum absolute atomic E-state index is 13.3. The fourth-order valence-electron chi connectivity index (χ4n) is 4.62. The molecule has 182 valence electrons. The van der Waals surface area contributed by atoms with Crippen molar-refractivity contribution in [2.75, 3.05) is 5.32 Å². The Balaban J connectivity index is 1.33. The minimum absolute atomic E-state index is 0.0347. The van der Waals surface area contributed by atoms with Crippen LogP contribution in [0.1, 0.15) is 49.6 Å². The van der Waals surface area contributed by atoms with Crippen LogP contribution in [0.25, 0.3) is 10.9 Å². The maximum Gasteiger partial charge on any atom is 0.221 e. The smallest absolute Gasteiger partial charge is 0.221 e. The predicted molar refractivity (Wildman–Crippen MR) is 139 cm³/mol. The van der Waals surface area contributed by atoms with Gasteiger partial charge in [-0.25, -0.2) is 4.98 Å². The van der Waals surface area contributed by atoms with E-state index in [1.165, 1.54) is 6.92 Å². The van der Waals surface area contributed by atoms with E-state index in [0.29, 0.717) is 18.0 Å². The van der Waals surface area contributed by atoms with Crippen molar-refractivity contribution in [3.8, 4) is 5.75 Å². The van der Waals surface area contributed by atoms with Crippen molar-refractivity contribution >= 4 is 28.3 Å². The molecule has 4 aromatic rings. The highest BCUT2D eigenvalue weighted by Gasteiger charge is 2.49. The Bertz CT molecular complexity index is 1410. The molecule has 2 heterocycles. The van der Waals surface area contributed by atoms with Crippen molar-refractivity contribution < 1.29 is 19.1 Å². The van der Waals surface area contributed by atoms with Crippen LogP contribution in [0.3, 0.4) is 0 Å². The summed E-state index contributed by atoms with van der Waals surface area (Å²) < 4.78 is 12.2. The van der Waals surface area contributed by atoms with Gasteiger partial charge < -0.3 is 14.8 Å². The molecule has 2 unspecified atom stereocenters. The van der Waals surface area contributed by atoms with Gasteiger partial charge in [0.05, 0.1) is 23.2 Å². The van der Waals surface area contributed by atoms with E-state index in [-0.39, 0.29) is 11.7 Å². The molecule has 0 radical (unpaired) electrons. The molecule has 1 aliphatic heterocycles. The van der Waals surface area contributed by atoms with Gasteiger partial charge in [0.15, 0.2) is 5.78 Å². The number of pyridine rings is 1. The monoisotopic (exact) mass is 480 g/mol. The van der Waals surface area contributed by atoms with Gasteiger partial charge in [0.1, 0.15) is 18.0 Å². The molecule has 6 nitrogen and oxygen atoms in total. The molecular formula is C30H28N2O4. The molecule has 1 saturated heterocycles. The molecule has 3 aromatic carbocycles. The number of ketones is 1. The minimum atomic E-state index is -0.900. The number of fused-ring (bicyclic) bond motifs is 1. The van der Waals surface area contributed by atoms with Gasteiger partial charge in [0, 0.05) is 18.0 Å². The van der Waals surface area contributed by atoms with E-state index >= 15 is 0 Å². The van der Waals surface area contributed by atoms with Crippen LogP contribution in [0.5, 0.6) is 5.75 Å². The fourth-order valence-corrected chi connectivity index (χ4v) is 4.62. The van der Waals surface area contributed by atoms with Crippen LogP contribution in [0, 0.1) is 0 Å². The quantitative estimate of drug-likeness (QED) is 0.368. The van der Waals surface area contributed by atoms with Gasteiger partial charge >= 0.3 is 0 Å². The van der Waals surface area contributed by atoms with Crippen LogP contribution in [0.15, 0.2) is 84.9 Å². The zero-order valence-corrected chi connectivity index (χ0v) is 20.5. The van der Waals surface area contributed by atoms with Crippen molar-refractivity contribution in [2.24, 2.45) is 0 Å². The minimum Gasteiger partial charge on any atom is -0.487 e. The largest absolute Gasteiger partial charge is 0.487 e. The van der Waals surface area contributed by atoms with E-state index in [2.05, 4.69) is 10.3 Å². The lowest BCUT2D eigenvalue weighted by Crippen LogP contribution is -2.29. The predicted octanol–water partition coefficient (Wildman–Crippen LogP) is 5.98. The van der Waals surface area contributed by atoms with Gasteiger partial charge in [0.2, 0.25) is 5.91 Å². The summed E-state index contributed by atoms with van der Waals surface area (Å²) in [7, 11) is 0. The lowest BCUT2D eigenvalue weighted by molar-refractivity contribution is -0.130. The highest BCUT2D eigenvalue weighted by molar-refractivity contribution is 5.95. The molecule has 1 amide bonds. The number of nitrogens with zero attached hydrogens (tertiary/aromatic N) is 1. The van der Waals surface area contributed by atoms with Crippen LogP contribution < -0.4 is 10.1 Å². The Morgan fingerprint density at radius 2 is 1.64 bits per heavy atom. The van der Waals surface area contributed by atoms with E-state index in [4.69, 9.17) is 9.47 Å². The molecule has 2 atom stereocenters. The average molecular weight is 481 g/mol. The number of amides is 1. The average Bonchev–Trinajstić information content (AvgIpc) is 3.11. The third-order valence-electron chi connectivity index (χ3n) is 6.44. The number of carbonyl (C=O) groups is 2. The second kappa shape index (κ2) is 9.55. The molecule has 0 saturated carbocycles. The maximum atomic E-state index is 13.3. The topological polar surface area (TPSA) is 77.5 Å². The molecule has 1 aromatic heterocycles. The van der Waals surface area contributed by atoms with Crippen molar-refractivity contribution in [3.05, 3.63) is 102 Å². The third-order valence-corrected chi connectivity index (χ3v) is 6.44. The van der Waals surface area contributed by atoms with Crippen LogP contribution >= 0.6 is 0 Å². The summed E-state index contributed by atoms with van der Waals surface area (Å²) in [5, 5.41) is 3.86. The van der Waals surface area contributed by atoms with Gasteiger partial charge in [-0.15, -0.1) is 0 Å². The highest BCUT2D eigenvalue weighted by Crippen LogP contribution is 2.47. The first-order valence-corrected chi connectivity index (χ1v) is 12.0. The molecule has 0 spiro atoms. The number of aromatic nitrogens is 1. The van der Waals surface area contributed by atoms with E-state index in [9.17, 15) is 9.59 Å². The Hall–Kier alpha value is -4.03. The number of rotatable bonds is 6. The molecule has 1 aliphatic rings. The SMILES string of the molecule is CC(=O)Nc1ccc(C2OC(C)(C)C(=O)C2c2ccc(OCc3ccc4ccccc4n3)cc2)cc1. The summed E-state index contributed by atoms with van der Waals surface area (Å²) >= 11 is 0. The summed E-state index contributed by atoms with van der Waals surface area (Å²) in [5.41, 5.74) is 3.35. The van der Waals surface area contributed by atoms with Crippen LogP contribution in [-0.2, 0) is 20.9 Å². The molecule has 0 aliphatic carbocycles. The van der Waals surface area contributed by atoms with E-state index in [1.807, 2.05) is 98.8 Å². The molecule has 6 heteroatoms. The molecule has 1 N–H and O–H groups in total. The summed E-state index contributed by atoms with van der Waals surface area (Å²) in [5.74, 6) is 0.165. The molecule has 0 bridgehead atoms. The van der Waals surface area contributed by atoms with Crippen LogP contribution in [0.2, 0.25) is 0 Å². The first-order chi connectivity index (χ1) is 17.3. The van der Waals surface area contributed by atoms with Crippen molar-refractivity contribution in [1.82, 2.24) is 4.98 Å². The zero-order valence-electron chi connectivity index (χ0n) is 20.5. The number of carbonyl (C=O) groups excluding carboxylic acids is 2. The standard InChI is InChI=1S/C30H28N2O4/c1-19(33)31-23-13-9-22(10-14-23)28-27(29(34)30(2,3)36-28)21-11-16-25(17-12-21)35-18-24-15-8-20-6-4-5-7-26(20)32-24/h4-17,27-28H,18H2,1-3H3,(H,31,33). The van der Waals surface area contributed by atoms with Gasteiger partial charge in [-0.3, -0.25) is 9.59 Å². The first-order valence-electron chi connectivity index (χ1n) is 12.0. The third kappa shape index (κ3) is 4.86. The second-order valence-corrected chi connectivity index (χ2v) is 9.55. The normalized spacial score (nSPS) is 18.8. The lowest BCUT2D eigenvalue weighted by Gasteiger charge is -2.19. The second-order valence-electron chi connectivity index (χ2n) is 9.55. The van der Waals surface area contributed by atoms with Gasteiger partial charge in [0.25, 0.3) is 0 Å². The highest BCUT2D eigenvalue weighted by atomic mass is 16.5. The van der Waals surface area contributed by atoms with E-state index in [0.717, 1.165) is 27.7 Å². The molecule has 36 heavy (non-hydrogen) atoms. The molecule has 5 rings (SSSR count).